The fourth-order valence-electron chi connectivity index (χ4n) is 5.08. The molecule has 4 N–H and O–H groups in total. The maximum atomic E-state index is 13.1. The van der Waals surface area contributed by atoms with Crippen LogP contribution in [0.3, 0.4) is 0 Å². The predicted octanol–water partition coefficient (Wildman–Crippen LogP) is 2.14. The number of morpholine rings is 1. The number of nitrogens with zero attached hydrogens (tertiary/aromatic N) is 3. The average molecular weight is 571 g/mol. The number of likely N-dealkylation sites (N-methyl/N-ethyl adjacent to an activating group) is 1. The highest BCUT2D eigenvalue weighted by Crippen LogP contribution is 2.23. The summed E-state index contributed by atoms with van der Waals surface area (Å²) in [5.41, 5.74) is 9.21. The summed E-state index contributed by atoms with van der Waals surface area (Å²) in [6.45, 7) is 9.52. The summed E-state index contributed by atoms with van der Waals surface area (Å²) >= 11 is 0. The lowest BCUT2D eigenvalue weighted by molar-refractivity contribution is -0.121. The molecule has 0 radical (unpaired) electrons. The SMILES string of the molecule is CCn1c(N)c(CC(=O)NC)c(=O)c2ccc(-c3ccc(CC(=O)NCC4COCCN4C(C)C)cc3)nc21.Cl. The van der Waals surface area contributed by atoms with Crippen molar-refractivity contribution in [1.29, 1.82) is 0 Å². The number of nitrogens with two attached hydrogens (primary N) is 1. The van der Waals surface area contributed by atoms with Gasteiger partial charge in [-0.25, -0.2) is 4.98 Å². The van der Waals surface area contributed by atoms with E-state index >= 15 is 0 Å². The number of ether oxygens (including phenoxy) is 1. The van der Waals surface area contributed by atoms with E-state index < -0.39 is 0 Å². The molecule has 216 valence electrons. The zero-order valence-electron chi connectivity index (χ0n) is 23.5. The van der Waals surface area contributed by atoms with Gasteiger partial charge in [-0.15, -0.1) is 12.4 Å². The summed E-state index contributed by atoms with van der Waals surface area (Å²) in [6, 6.07) is 11.8. The number of aromatic nitrogens is 2. The Morgan fingerprint density at radius 2 is 1.85 bits per heavy atom. The first-order valence-corrected chi connectivity index (χ1v) is 13.4. The van der Waals surface area contributed by atoms with Crippen LogP contribution in [0, 0.1) is 0 Å². The highest BCUT2D eigenvalue weighted by molar-refractivity contribution is 5.86. The minimum absolute atomic E-state index is 0. The van der Waals surface area contributed by atoms with Crippen LogP contribution in [-0.2, 0) is 33.7 Å². The van der Waals surface area contributed by atoms with Crippen molar-refractivity contribution < 1.29 is 14.3 Å². The van der Waals surface area contributed by atoms with Crippen molar-refractivity contribution in [2.45, 2.75) is 52.2 Å². The summed E-state index contributed by atoms with van der Waals surface area (Å²) in [5.74, 6) is -0.0588. The third kappa shape index (κ3) is 6.80. The van der Waals surface area contributed by atoms with Gasteiger partial charge in [0.15, 0.2) is 5.43 Å². The minimum Gasteiger partial charge on any atom is -0.385 e. The van der Waals surface area contributed by atoms with Crippen LogP contribution in [0.2, 0.25) is 0 Å². The Bertz CT molecular complexity index is 1410. The van der Waals surface area contributed by atoms with Gasteiger partial charge in [-0.05, 0) is 38.5 Å². The van der Waals surface area contributed by atoms with E-state index in [1.54, 1.807) is 16.7 Å². The third-order valence-electron chi connectivity index (χ3n) is 7.27. The fourth-order valence-corrected chi connectivity index (χ4v) is 5.08. The van der Waals surface area contributed by atoms with Crippen LogP contribution in [0.1, 0.15) is 31.9 Å². The van der Waals surface area contributed by atoms with Crippen molar-refractivity contribution in [3.8, 4) is 11.3 Å². The van der Waals surface area contributed by atoms with Gasteiger partial charge in [0.1, 0.15) is 11.5 Å². The van der Waals surface area contributed by atoms with Gasteiger partial charge < -0.3 is 25.7 Å². The molecule has 11 heteroatoms. The van der Waals surface area contributed by atoms with Gasteiger partial charge in [-0.3, -0.25) is 19.3 Å². The van der Waals surface area contributed by atoms with Crippen LogP contribution >= 0.6 is 12.4 Å². The van der Waals surface area contributed by atoms with Gasteiger partial charge >= 0.3 is 0 Å². The summed E-state index contributed by atoms with van der Waals surface area (Å²) in [6.07, 6.45) is 0.193. The van der Waals surface area contributed by atoms with Crippen LogP contribution < -0.4 is 21.8 Å². The first kappa shape index (κ1) is 31.1. The predicted molar refractivity (Wildman–Crippen MR) is 160 cm³/mol. The zero-order valence-corrected chi connectivity index (χ0v) is 24.3. The van der Waals surface area contributed by atoms with E-state index in [0.29, 0.717) is 42.5 Å². The quantitative estimate of drug-likeness (QED) is 0.359. The average Bonchev–Trinajstić information content (AvgIpc) is 2.94. The molecule has 1 saturated heterocycles. The molecule has 3 heterocycles. The Morgan fingerprint density at radius 1 is 1.12 bits per heavy atom. The van der Waals surface area contributed by atoms with Crippen LogP contribution in [0.15, 0.2) is 41.2 Å². The number of hydrogen-bond donors (Lipinski definition) is 3. The van der Waals surface area contributed by atoms with Crippen LogP contribution in [-0.4, -0.2) is 71.7 Å². The normalized spacial score (nSPS) is 15.6. The van der Waals surface area contributed by atoms with Gasteiger partial charge in [0.25, 0.3) is 0 Å². The lowest BCUT2D eigenvalue weighted by atomic mass is 10.0. The molecule has 40 heavy (non-hydrogen) atoms. The maximum absolute atomic E-state index is 13.1. The van der Waals surface area contributed by atoms with Crippen molar-refractivity contribution >= 4 is 41.1 Å². The Labute approximate surface area is 240 Å². The second kappa shape index (κ2) is 13.7. The molecule has 1 unspecified atom stereocenters. The fraction of sp³-hybridized carbons (Fsp3) is 0.448. The van der Waals surface area contributed by atoms with Crippen LogP contribution in [0.25, 0.3) is 22.3 Å². The molecule has 0 saturated carbocycles. The molecule has 2 aromatic heterocycles. The number of rotatable bonds is 9. The third-order valence-corrected chi connectivity index (χ3v) is 7.27. The van der Waals surface area contributed by atoms with E-state index in [-0.39, 0.29) is 59.9 Å². The number of fused-ring (bicyclic) bond motifs is 1. The second-order valence-electron chi connectivity index (χ2n) is 10.1. The molecular formula is C29H39ClN6O4. The maximum Gasteiger partial charge on any atom is 0.224 e. The molecule has 1 aliphatic heterocycles. The monoisotopic (exact) mass is 570 g/mol. The first-order chi connectivity index (χ1) is 18.7. The Morgan fingerprint density at radius 3 is 2.50 bits per heavy atom. The molecule has 1 fully saturated rings. The molecule has 3 aromatic rings. The van der Waals surface area contributed by atoms with E-state index in [9.17, 15) is 14.4 Å². The number of anilines is 1. The Kier molecular flexibility index (Phi) is 10.7. The lowest BCUT2D eigenvalue weighted by Gasteiger charge is -2.38. The van der Waals surface area contributed by atoms with E-state index in [2.05, 4.69) is 29.4 Å². The molecule has 1 aromatic carbocycles. The van der Waals surface area contributed by atoms with E-state index in [1.165, 1.54) is 7.05 Å². The number of amides is 2. The van der Waals surface area contributed by atoms with Crippen molar-refractivity contribution in [3.63, 3.8) is 0 Å². The number of nitrogen functional groups attached to an aromatic ring is 1. The van der Waals surface area contributed by atoms with Gasteiger partial charge in [0.05, 0.1) is 43.2 Å². The molecule has 10 nitrogen and oxygen atoms in total. The molecule has 2 amide bonds. The number of hydrogen-bond acceptors (Lipinski definition) is 7. The van der Waals surface area contributed by atoms with E-state index in [4.69, 9.17) is 15.5 Å². The smallest absolute Gasteiger partial charge is 0.224 e. The van der Waals surface area contributed by atoms with Crippen molar-refractivity contribution in [2.75, 3.05) is 39.1 Å². The van der Waals surface area contributed by atoms with E-state index in [0.717, 1.165) is 24.3 Å². The molecule has 1 aliphatic rings. The zero-order chi connectivity index (χ0) is 28.1. The van der Waals surface area contributed by atoms with Gasteiger partial charge in [0, 0.05) is 43.9 Å². The van der Waals surface area contributed by atoms with Gasteiger partial charge in [-0.2, -0.15) is 0 Å². The minimum atomic E-state index is -0.285. The highest BCUT2D eigenvalue weighted by Gasteiger charge is 2.25. The molecule has 4 rings (SSSR count). The van der Waals surface area contributed by atoms with Crippen LogP contribution in [0.4, 0.5) is 5.82 Å². The topological polar surface area (TPSA) is 132 Å². The number of carbonyl (C=O) groups is 2. The summed E-state index contributed by atoms with van der Waals surface area (Å²) in [7, 11) is 1.52. The number of aryl methyl sites for hydroxylation is 1. The van der Waals surface area contributed by atoms with Gasteiger partial charge in [-0.1, -0.05) is 24.3 Å². The highest BCUT2D eigenvalue weighted by atomic mass is 35.5. The summed E-state index contributed by atoms with van der Waals surface area (Å²) in [5, 5.41) is 6.01. The largest absolute Gasteiger partial charge is 0.385 e. The van der Waals surface area contributed by atoms with Crippen molar-refractivity contribution in [3.05, 3.63) is 57.7 Å². The summed E-state index contributed by atoms with van der Waals surface area (Å²) in [4.78, 5) is 44.8. The summed E-state index contributed by atoms with van der Waals surface area (Å²) < 4.78 is 7.37. The van der Waals surface area contributed by atoms with Crippen molar-refractivity contribution in [1.82, 2.24) is 25.1 Å². The number of carbonyl (C=O) groups excluding carboxylic acids is 2. The number of pyridine rings is 2. The first-order valence-electron chi connectivity index (χ1n) is 13.4. The molecule has 0 spiro atoms. The second-order valence-corrected chi connectivity index (χ2v) is 10.1. The number of benzene rings is 1. The number of halogens is 1. The van der Waals surface area contributed by atoms with E-state index in [1.807, 2.05) is 31.2 Å². The molecule has 0 aliphatic carbocycles. The van der Waals surface area contributed by atoms with Gasteiger partial charge in [0.2, 0.25) is 11.8 Å². The number of nitrogens with one attached hydrogen (secondary N) is 2. The Hall–Kier alpha value is -3.47. The molecule has 0 bridgehead atoms. The van der Waals surface area contributed by atoms with Crippen molar-refractivity contribution in [2.24, 2.45) is 0 Å². The molecular weight excluding hydrogens is 532 g/mol. The molecule has 1 atom stereocenters. The lowest BCUT2D eigenvalue weighted by Crippen LogP contribution is -2.53. The standard InChI is InChI=1S/C29H38N6O4.ClH/c1-5-34-28(30)23(15-25(36)31-4)27(38)22-10-11-24(33-29(22)34)20-8-6-19(7-9-20)14-26(37)32-16-21-17-39-13-12-35(21)18(2)3;/h6-11,18,21H,5,12-17,30H2,1-4H3,(H,31,36)(H,32,37);1H. The Balaban J connectivity index is 0.00000441. The van der Waals surface area contributed by atoms with Crippen LogP contribution in [0.5, 0.6) is 0 Å².